The summed E-state index contributed by atoms with van der Waals surface area (Å²) in [5, 5.41) is 13.6. The van der Waals surface area contributed by atoms with Crippen molar-refractivity contribution in [3.8, 4) is 0 Å². The minimum atomic E-state index is -0.313. The largest absolute Gasteiger partial charge is 0.423 e. The Morgan fingerprint density at radius 2 is 2.22 bits per heavy atom. The molecule has 1 saturated carbocycles. The molecule has 0 spiro atoms. The Balaban J connectivity index is 1.55. The third kappa shape index (κ3) is 3.40. The number of rotatable bonds is 5. The van der Waals surface area contributed by atoms with Crippen LogP contribution in [0.4, 0.5) is 5.13 Å². The highest BCUT2D eigenvalue weighted by molar-refractivity contribution is 8.00. The first-order chi connectivity index (χ1) is 11.2. The van der Waals surface area contributed by atoms with Crippen molar-refractivity contribution < 1.29 is 4.42 Å². The fraction of sp³-hybridized carbons (Fsp3) is 0.312. The minimum absolute atomic E-state index is 0.313. The van der Waals surface area contributed by atoms with Gasteiger partial charge in [-0.25, -0.2) is 4.79 Å². The predicted octanol–water partition coefficient (Wildman–Crippen LogP) is 3.82. The molecule has 1 aliphatic rings. The van der Waals surface area contributed by atoms with E-state index in [4.69, 9.17) is 4.42 Å². The van der Waals surface area contributed by atoms with Crippen LogP contribution in [0.2, 0.25) is 0 Å². The van der Waals surface area contributed by atoms with Gasteiger partial charge >= 0.3 is 5.63 Å². The van der Waals surface area contributed by atoms with E-state index in [0.717, 1.165) is 26.0 Å². The molecular weight excluding hydrogens is 330 g/mol. The summed E-state index contributed by atoms with van der Waals surface area (Å²) >= 11 is 3.15. The lowest BCUT2D eigenvalue weighted by Crippen LogP contribution is -2.00. The smallest absolute Gasteiger partial charge is 0.336 e. The molecule has 5 nitrogen and oxygen atoms in total. The summed E-state index contributed by atoms with van der Waals surface area (Å²) in [5.74, 6) is 0.670. The molecule has 7 heteroatoms. The van der Waals surface area contributed by atoms with Crippen LogP contribution in [-0.4, -0.2) is 16.2 Å². The van der Waals surface area contributed by atoms with Crippen molar-refractivity contribution in [2.75, 3.05) is 5.32 Å². The standard InChI is InChI=1S/C16H15N3O2S2/c1-9-2-5-12-10(7-14(20)21-13(12)6-9)8-22-16-19-18-15(23-16)17-11-3-4-11/h2,5-7,11H,3-4,8H2,1H3,(H,17,18). The summed E-state index contributed by atoms with van der Waals surface area (Å²) in [6, 6.07) is 8.07. The zero-order valence-corrected chi connectivity index (χ0v) is 14.2. The van der Waals surface area contributed by atoms with Crippen LogP contribution in [0.15, 0.2) is 37.8 Å². The van der Waals surface area contributed by atoms with Crippen molar-refractivity contribution in [3.05, 3.63) is 45.8 Å². The number of hydrogen-bond donors (Lipinski definition) is 1. The van der Waals surface area contributed by atoms with E-state index in [1.807, 2.05) is 25.1 Å². The molecule has 1 fully saturated rings. The zero-order chi connectivity index (χ0) is 15.8. The van der Waals surface area contributed by atoms with E-state index in [1.165, 1.54) is 12.8 Å². The van der Waals surface area contributed by atoms with Crippen LogP contribution in [0.5, 0.6) is 0 Å². The summed E-state index contributed by atoms with van der Waals surface area (Å²) < 4.78 is 6.19. The number of nitrogens with zero attached hydrogens (tertiary/aromatic N) is 2. The van der Waals surface area contributed by atoms with Crippen molar-refractivity contribution in [1.82, 2.24) is 10.2 Å². The lowest BCUT2D eigenvalue weighted by molar-refractivity contribution is 0.559. The van der Waals surface area contributed by atoms with Crippen LogP contribution < -0.4 is 10.9 Å². The average Bonchev–Trinajstić information content (AvgIpc) is 3.21. The molecule has 0 aliphatic heterocycles. The fourth-order valence-corrected chi connectivity index (χ4v) is 4.14. The highest BCUT2D eigenvalue weighted by Gasteiger charge is 2.22. The Morgan fingerprint density at radius 3 is 3.04 bits per heavy atom. The Bertz CT molecular complexity index is 915. The maximum atomic E-state index is 11.7. The van der Waals surface area contributed by atoms with Gasteiger partial charge in [-0.3, -0.25) is 0 Å². The second kappa shape index (κ2) is 5.98. The summed E-state index contributed by atoms with van der Waals surface area (Å²) in [6.07, 6.45) is 2.43. The Labute approximate surface area is 141 Å². The van der Waals surface area contributed by atoms with E-state index in [9.17, 15) is 4.79 Å². The lowest BCUT2D eigenvalue weighted by Gasteiger charge is -2.04. The van der Waals surface area contributed by atoms with Crippen LogP contribution in [0.3, 0.4) is 0 Å². The summed E-state index contributed by atoms with van der Waals surface area (Å²) in [4.78, 5) is 11.7. The molecule has 0 bridgehead atoms. The second-order valence-corrected chi connectivity index (χ2v) is 7.87. The molecule has 1 aliphatic carbocycles. The van der Waals surface area contributed by atoms with Gasteiger partial charge in [0.1, 0.15) is 5.58 Å². The molecule has 0 amide bonds. The lowest BCUT2D eigenvalue weighted by atomic mass is 10.1. The molecule has 4 rings (SSSR count). The van der Waals surface area contributed by atoms with Crippen molar-refractivity contribution in [2.45, 2.75) is 35.9 Å². The van der Waals surface area contributed by atoms with Gasteiger partial charge < -0.3 is 9.73 Å². The SMILES string of the molecule is Cc1ccc2c(CSc3nnc(NC4CC4)s3)cc(=O)oc2c1. The highest BCUT2D eigenvalue weighted by atomic mass is 32.2. The topological polar surface area (TPSA) is 68.0 Å². The van der Waals surface area contributed by atoms with Crippen molar-refractivity contribution in [1.29, 1.82) is 0 Å². The van der Waals surface area contributed by atoms with Gasteiger partial charge in [0.05, 0.1) is 0 Å². The zero-order valence-electron chi connectivity index (χ0n) is 12.5. The van der Waals surface area contributed by atoms with Crippen LogP contribution in [0.25, 0.3) is 11.0 Å². The third-order valence-electron chi connectivity index (χ3n) is 3.65. The van der Waals surface area contributed by atoms with E-state index >= 15 is 0 Å². The van der Waals surface area contributed by atoms with Crippen molar-refractivity contribution in [3.63, 3.8) is 0 Å². The van der Waals surface area contributed by atoms with Crippen molar-refractivity contribution >= 4 is 39.2 Å². The molecule has 23 heavy (non-hydrogen) atoms. The van der Waals surface area contributed by atoms with Gasteiger partial charge in [-0.15, -0.1) is 10.2 Å². The monoisotopic (exact) mass is 345 g/mol. The van der Waals surface area contributed by atoms with Crippen LogP contribution in [0.1, 0.15) is 24.0 Å². The average molecular weight is 345 g/mol. The Hall–Kier alpha value is -1.86. The molecule has 1 N–H and O–H groups in total. The number of aryl methyl sites for hydroxylation is 1. The van der Waals surface area contributed by atoms with Gasteiger partial charge in [0.2, 0.25) is 5.13 Å². The maximum Gasteiger partial charge on any atom is 0.336 e. The third-order valence-corrected chi connectivity index (χ3v) is 5.68. The van der Waals surface area contributed by atoms with Crippen LogP contribution in [0, 0.1) is 6.92 Å². The van der Waals surface area contributed by atoms with E-state index in [1.54, 1.807) is 29.2 Å². The molecule has 1 aromatic carbocycles. The summed E-state index contributed by atoms with van der Waals surface area (Å²) in [6.45, 7) is 1.98. The van der Waals surface area contributed by atoms with Gasteiger partial charge in [0.15, 0.2) is 4.34 Å². The number of anilines is 1. The first-order valence-electron chi connectivity index (χ1n) is 7.43. The molecule has 2 aromatic heterocycles. The number of hydrogen-bond acceptors (Lipinski definition) is 7. The normalized spacial score (nSPS) is 14.3. The molecule has 3 aromatic rings. The number of aromatic nitrogens is 2. The second-order valence-electron chi connectivity index (χ2n) is 5.67. The van der Waals surface area contributed by atoms with E-state index < -0.39 is 0 Å². The molecule has 0 radical (unpaired) electrons. The van der Waals surface area contributed by atoms with Crippen LogP contribution >= 0.6 is 23.1 Å². The quantitative estimate of drug-likeness (QED) is 0.560. The predicted molar refractivity (Wildman–Crippen MR) is 93.3 cm³/mol. The highest BCUT2D eigenvalue weighted by Crippen LogP contribution is 2.32. The fourth-order valence-electron chi connectivity index (χ4n) is 2.32. The number of fused-ring (bicyclic) bond motifs is 1. The van der Waals surface area contributed by atoms with Gasteiger partial charge in [0.25, 0.3) is 0 Å². The minimum Gasteiger partial charge on any atom is -0.423 e. The molecule has 0 saturated heterocycles. The molecular formula is C16H15N3O2S2. The first-order valence-corrected chi connectivity index (χ1v) is 9.24. The van der Waals surface area contributed by atoms with Crippen molar-refractivity contribution in [2.24, 2.45) is 0 Å². The summed E-state index contributed by atoms with van der Waals surface area (Å²) in [5.41, 5.74) is 2.37. The van der Waals surface area contributed by atoms with E-state index in [0.29, 0.717) is 17.4 Å². The Kier molecular flexibility index (Phi) is 3.82. The van der Waals surface area contributed by atoms with Crippen LogP contribution in [-0.2, 0) is 5.75 Å². The number of thioether (sulfide) groups is 1. The maximum absolute atomic E-state index is 11.7. The van der Waals surface area contributed by atoms with Gasteiger partial charge in [0, 0.05) is 23.2 Å². The van der Waals surface area contributed by atoms with E-state index in [2.05, 4.69) is 15.5 Å². The molecule has 118 valence electrons. The summed E-state index contributed by atoms with van der Waals surface area (Å²) in [7, 11) is 0. The molecule has 0 unspecified atom stereocenters. The van der Waals surface area contributed by atoms with Gasteiger partial charge in [-0.05, 0) is 37.0 Å². The van der Waals surface area contributed by atoms with E-state index in [-0.39, 0.29) is 5.63 Å². The number of nitrogens with one attached hydrogen (secondary N) is 1. The molecule has 2 heterocycles. The van der Waals surface area contributed by atoms with Gasteiger partial charge in [-0.2, -0.15) is 0 Å². The first kappa shape index (κ1) is 14.7. The van der Waals surface area contributed by atoms with Gasteiger partial charge in [-0.1, -0.05) is 35.2 Å². The molecule has 0 atom stereocenters. The Morgan fingerprint density at radius 1 is 1.35 bits per heavy atom. The number of benzene rings is 1.